The Morgan fingerprint density at radius 1 is 1.73 bits per heavy atom. The zero-order valence-corrected chi connectivity index (χ0v) is 9.10. The predicted molar refractivity (Wildman–Crippen MR) is 52.6 cm³/mol. The molecule has 0 spiro atoms. The zero-order valence-electron chi connectivity index (χ0n) is 9.10. The maximum absolute atomic E-state index is 11.2. The minimum absolute atomic E-state index is 0.155. The van der Waals surface area contributed by atoms with Crippen molar-refractivity contribution in [3.8, 4) is 0 Å². The highest BCUT2D eigenvalue weighted by molar-refractivity contribution is 5.75. The molecule has 0 aliphatic carbocycles. The molecule has 0 aromatic rings. The molecule has 0 bridgehead atoms. The van der Waals surface area contributed by atoms with Crippen molar-refractivity contribution in [3.05, 3.63) is 0 Å². The molecule has 88 valence electrons. The van der Waals surface area contributed by atoms with Crippen molar-refractivity contribution < 1.29 is 24.5 Å². The molecule has 0 amide bonds. The normalized spacial score (nSPS) is 32.9. The van der Waals surface area contributed by atoms with Crippen LogP contribution in [0, 0.1) is 5.41 Å². The Balaban J connectivity index is 2.70. The minimum atomic E-state index is -0.960. The number of carboxylic acids is 1. The van der Waals surface area contributed by atoms with Gasteiger partial charge in [0.25, 0.3) is 0 Å². The first kappa shape index (κ1) is 12.4. The molecule has 1 aliphatic heterocycles. The van der Waals surface area contributed by atoms with Crippen molar-refractivity contribution in [1.29, 1.82) is 0 Å². The van der Waals surface area contributed by atoms with Crippen LogP contribution in [0.4, 0.5) is 0 Å². The van der Waals surface area contributed by atoms with E-state index in [0.29, 0.717) is 13.0 Å². The van der Waals surface area contributed by atoms with Gasteiger partial charge in [0, 0.05) is 13.7 Å². The van der Waals surface area contributed by atoms with Crippen molar-refractivity contribution in [2.24, 2.45) is 5.41 Å². The Morgan fingerprint density at radius 3 is 2.80 bits per heavy atom. The Kier molecular flexibility index (Phi) is 4.07. The van der Waals surface area contributed by atoms with Gasteiger partial charge in [0.05, 0.1) is 24.2 Å². The van der Waals surface area contributed by atoms with Crippen molar-refractivity contribution in [3.63, 3.8) is 0 Å². The van der Waals surface area contributed by atoms with E-state index >= 15 is 0 Å². The zero-order chi connectivity index (χ0) is 11.5. The fraction of sp³-hybridized carbons (Fsp3) is 0.900. The van der Waals surface area contributed by atoms with E-state index in [9.17, 15) is 15.0 Å². The molecule has 1 fully saturated rings. The van der Waals surface area contributed by atoms with Gasteiger partial charge in [0.1, 0.15) is 0 Å². The van der Waals surface area contributed by atoms with Gasteiger partial charge in [-0.25, -0.2) is 0 Å². The first-order valence-electron chi connectivity index (χ1n) is 5.05. The molecule has 15 heavy (non-hydrogen) atoms. The number of methoxy groups -OCH3 is 1. The summed E-state index contributed by atoms with van der Waals surface area (Å²) in [6.07, 6.45) is -0.488. The molecule has 0 aromatic heterocycles. The number of aliphatic carboxylic acids is 1. The van der Waals surface area contributed by atoms with Gasteiger partial charge < -0.3 is 19.7 Å². The van der Waals surface area contributed by atoms with Gasteiger partial charge in [-0.05, 0) is 19.8 Å². The summed E-state index contributed by atoms with van der Waals surface area (Å²) in [7, 11) is 1.48. The van der Waals surface area contributed by atoms with Crippen LogP contribution in [0.15, 0.2) is 0 Å². The van der Waals surface area contributed by atoms with Gasteiger partial charge in [-0.2, -0.15) is 0 Å². The highest BCUT2D eigenvalue weighted by atomic mass is 16.5. The van der Waals surface area contributed by atoms with Crippen LogP contribution in [0.25, 0.3) is 0 Å². The molecule has 3 atom stereocenters. The Hall–Kier alpha value is -0.650. The van der Waals surface area contributed by atoms with E-state index in [-0.39, 0.29) is 19.1 Å². The van der Waals surface area contributed by atoms with E-state index in [4.69, 9.17) is 9.47 Å². The first-order valence-corrected chi connectivity index (χ1v) is 5.05. The summed E-state index contributed by atoms with van der Waals surface area (Å²) in [4.78, 5) is 11.2. The molecular weight excluding hydrogens is 200 g/mol. The molecule has 1 heterocycles. The topological polar surface area (TPSA) is 76.0 Å². The van der Waals surface area contributed by atoms with Gasteiger partial charge in [0.2, 0.25) is 0 Å². The number of carboxylic acid groups (broad SMARTS) is 1. The summed E-state index contributed by atoms with van der Waals surface area (Å²) in [5.74, 6) is -0.900. The third-order valence-corrected chi connectivity index (χ3v) is 3.08. The van der Waals surface area contributed by atoms with Crippen molar-refractivity contribution in [2.75, 3.05) is 20.3 Å². The standard InChI is InChI=1S/C10H18O5/c1-7-10(9(12)13,3-4-15-7)5-8(11)6-14-2/h7-8,11H,3-6H2,1-2H3,(H,12,13). The molecule has 5 nitrogen and oxygen atoms in total. The Labute approximate surface area is 89.0 Å². The van der Waals surface area contributed by atoms with E-state index in [1.54, 1.807) is 6.92 Å². The van der Waals surface area contributed by atoms with Crippen LogP contribution in [0.5, 0.6) is 0 Å². The maximum atomic E-state index is 11.2. The molecule has 1 rings (SSSR count). The SMILES string of the molecule is COCC(O)CC1(C(=O)O)CCOC1C. The van der Waals surface area contributed by atoms with E-state index < -0.39 is 17.5 Å². The van der Waals surface area contributed by atoms with E-state index in [1.165, 1.54) is 7.11 Å². The van der Waals surface area contributed by atoms with Crippen LogP contribution in [-0.2, 0) is 14.3 Å². The summed E-state index contributed by atoms with van der Waals surface area (Å²) < 4.78 is 10.1. The molecule has 0 aromatic carbocycles. The number of rotatable bonds is 5. The minimum Gasteiger partial charge on any atom is -0.481 e. The lowest BCUT2D eigenvalue weighted by Gasteiger charge is -2.29. The third kappa shape index (κ3) is 2.48. The Morgan fingerprint density at radius 2 is 2.40 bits per heavy atom. The fourth-order valence-corrected chi connectivity index (χ4v) is 2.09. The van der Waals surface area contributed by atoms with Crippen LogP contribution in [-0.4, -0.2) is 48.7 Å². The lowest BCUT2D eigenvalue weighted by molar-refractivity contribution is -0.155. The highest BCUT2D eigenvalue weighted by Gasteiger charge is 2.49. The number of hydrogen-bond acceptors (Lipinski definition) is 4. The maximum Gasteiger partial charge on any atom is 0.312 e. The Bertz CT molecular complexity index is 230. The van der Waals surface area contributed by atoms with Gasteiger partial charge in [0.15, 0.2) is 0 Å². The summed E-state index contributed by atoms with van der Waals surface area (Å²) >= 11 is 0. The van der Waals surface area contributed by atoms with Gasteiger partial charge in [-0.15, -0.1) is 0 Å². The van der Waals surface area contributed by atoms with Crippen LogP contribution in [0.1, 0.15) is 19.8 Å². The van der Waals surface area contributed by atoms with Crippen LogP contribution in [0.2, 0.25) is 0 Å². The number of carbonyl (C=O) groups is 1. The number of hydrogen-bond donors (Lipinski definition) is 2. The quantitative estimate of drug-likeness (QED) is 0.692. The van der Waals surface area contributed by atoms with Crippen LogP contribution >= 0.6 is 0 Å². The van der Waals surface area contributed by atoms with Crippen molar-refractivity contribution >= 4 is 5.97 Å². The highest BCUT2D eigenvalue weighted by Crippen LogP contribution is 2.39. The lowest BCUT2D eigenvalue weighted by atomic mass is 9.77. The van der Waals surface area contributed by atoms with Gasteiger partial charge >= 0.3 is 5.97 Å². The second-order valence-electron chi connectivity index (χ2n) is 4.04. The smallest absolute Gasteiger partial charge is 0.312 e. The molecule has 0 radical (unpaired) electrons. The molecule has 2 N–H and O–H groups in total. The van der Waals surface area contributed by atoms with Crippen LogP contribution < -0.4 is 0 Å². The predicted octanol–water partition coefficient (Wildman–Crippen LogP) is 0.264. The molecule has 3 unspecified atom stereocenters. The average Bonchev–Trinajstić information content (AvgIpc) is 2.49. The second-order valence-corrected chi connectivity index (χ2v) is 4.04. The van der Waals surface area contributed by atoms with Crippen molar-refractivity contribution in [2.45, 2.75) is 32.0 Å². The summed E-state index contributed by atoms with van der Waals surface area (Å²) in [6, 6.07) is 0. The molecule has 1 saturated heterocycles. The molecule has 5 heteroatoms. The van der Waals surface area contributed by atoms with E-state index in [2.05, 4.69) is 0 Å². The first-order chi connectivity index (χ1) is 7.03. The van der Waals surface area contributed by atoms with Crippen molar-refractivity contribution in [1.82, 2.24) is 0 Å². The number of ether oxygens (including phenoxy) is 2. The largest absolute Gasteiger partial charge is 0.481 e. The summed E-state index contributed by atoms with van der Waals surface area (Å²) in [6.45, 7) is 2.33. The van der Waals surface area contributed by atoms with E-state index in [0.717, 1.165) is 0 Å². The second kappa shape index (κ2) is 4.92. The third-order valence-electron chi connectivity index (χ3n) is 3.08. The number of aliphatic hydroxyl groups excluding tert-OH is 1. The monoisotopic (exact) mass is 218 g/mol. The van der Waals surface area contributed by atoms with Gasteiger partial charge in [-0.3, -0.25) is 4.79 Å². The van der Waals surface area contributed by atoms with Gasteiger partial charge in [-0.1, -0.05) is 0 Å². The van der Waals surface area contributed by atoms with E-state index in [1.807, 2.05) is 0 Å². The van der Waals surface area contributed by atoms with Crippen LogP contribution in [0.3, 0.4) is 0 Å². The number of aliphatic hydroxyl groups is 1. The molecule has 0 saturated carbocycles. The average molecular weight is 218 g/mol. The fourth-order valence-electron chi connectivity index (χ4n) is 2.09. The summed E-state index contributed by atoms with van der Waals surface area (Å²) in [5, 5.41) is 18.8. The lowest BCUT2D eigenvalue weighted by Crippen LogP contribution is -2.41. The summed E-state index contributed by atoms with van der Waals surface area (Å²) in [5.41, 5.74) is -0.960. The molecular formula is C10H18O5. The molecule has 1 aliphatic rings.